The summed E-state index contributed by atoms with van der Waals surface area (Å²) in [6.07, 6.45) is 0. The maximum absolute atomic E-state index is 15.4. The van der Waals surface area contributed by atoms with E-state index in [2.05, 4.69) is 124 Å². The van der Waals surface area contributed by atoms with E-state index in [1.54, 1.807) is 12.1 Å². The van der Waals surface area contributed by atoms with Crippen molar-refractivity contribution >= 4 is 39.8 Å². The largest absolute Gasteiger partial charge is 0.355 e. The van der Waals surface area contributed by atoms with E-state index < -0.39 is 0 Å². The summed E-state index contributed by atoms with van der Waals surface area (Å²) in [6.45, 7) is 1.38. The molecule has 5 heteroatoms. The topological polar surface area (TPSA) is 13.0 Å². The van der Waals surface area contributed by atoms with Crippen LogP contribution in [0.1, 0.15) is 0 Å². The molecule has 0 spiro atoms. The smallest absolute Gasteiger partial charge is 0.124 e. The lowest BCUT2D eigenvalue weighted by Gasteiger charge is -2.28. The maximum atomic E-state index is 15.4. The highest BCUT2D eigenvalue weighted by atomic mass is 19.1. The molecular formula is C39H31FN4. The van der Waals surface area contributed by atoms with Crippen LogP contribution < -0.4 is 19.6 Å². The standard InChI is InChI=1S/C39H31FN4/c1-41-26-42(36-20-9-8-19-35(36)41)31-17-12-18-32(25-31)43-27-44(38-22-11-10-21-37(38)43)39-33(28-13-4-2-5-14-28)23-30(40)24-34(39)29-15-6-3-7-16-29/h2-25H,26-27H2,1H3. The van der Waals surface area contributed by atoms with Crippen LogP contribution in [0.25, 0.3) is 22.3 Å². The minimum atomic E-state index is -0.251. The molecule has 0 N–H and O–H groups in total. The van der Waals surface area contributed by atoms with Crippen LogP contribution in [0.15, 0.2) is 146 Å². The molecule has 0 aliphatic carbocycles. The first-order valence-corrected chi connectivity index (χ1v) is 14.9. The molecule has 6 aromatic carbocycles. The summed E-state index contributed by atoms with van der Waals surface area (Å²) < 4.78 is 15.4. The number of hydrogen-bond donors (Lipinski definition) is 0. The predicted molar refractivity (Wildman–Crippen MR) is 181 cm³/mol. The van der Waals surface area contributed by atoms with Crippen molar-refractivity contribution in [3.63, 3.8) is 0 Å². The number of anilines is 7. The fraction of sp³-hybridized carbons (Fsp3) is 0.0769. The number of fused-ring (bicyclic) bond motifs is 2. The van der Waals surface area contributed by atoms with Gasteiger partial charge >= 0.3 is 0 Å². The van der Waals surface area contributed by atoms with E-state index in [1.807, 2.05) is 36.4 Å². The van der Waals surface area contributed by atoms with Crippen molar-refractivity contribution in [3.8, 4) is 22.3 Å². The second-order valence-corrected chi connectivity index (χ2v) is 11.3. The van der Waals surface area contributed by atoms with Gasteiger partial charge in [-0.05, 0) is 65.7 Å². The predicted octanol–water partition coefficient (Wildman–Crippen LogP) is 9.95. The van der Waals surface area contributed by atoms with Crippen LogP contribution >= 0.6 is 0 Å². The summed E-state index contributed by atoms with van der Waals surface area (Å²) in [4.78, 5) is 9.34. The number of para-hydroxylation sites is 4. The lowest BCUT2D eigenvalue weighted by Crippen LogP contribution is -2.26. The third-order valence-electron chi connectivity index (χ3n) is 8.65. The molecule has 2 aliphatic rings. The summed E-state index contributed by atoms with van der Waals surface area (Å²) in [5.74, 6) is -0.251. The van der Waals surface area contributed by atoms with Crippen LogP contribution in [-0.2, 0) is 0 Å². The molecule has 0 saturated carbocycles. The van der Waals surface area contributed by atoms with Gasteiger partial charge in [-0.1, -0.05) is 91.0 Å². The zero-order valence-corrected chi connectivity index (χ0v) is 24.4. The molecule has 0 fully saturated rings. The molecule has 8 rings (SSSR count). The summed E-state index contributed by atoms with van der Waals surface area (Å²) >= 11 is 0. The van der Waals surface area contributed by atoms with E-state index in [1.165, 1.54) is 11.4 Å². The van der Waals surface area contributed by atoms with Gasteiger partial charge in [0.2, 0.25) is 0 Å². The lowest BCUT2D eigenvalue weighted by atomic mass is 9.94. The molecule has 6 aromatic rings. The zero-order valence-electron chi connectivity index (χ0n) is 24.4. The Hall–Kier alpha value is -5.55. The maximum Gasteiger partial charge on any atom is 0.124 e. The third kappa shape index (κ3) is 4.36. The Morgan fingerprint density at radius 1 is 0.455 bits per heavy atom. The van der Waals surface area contributed by atoms with E-state index in [0.29, 0.717) is 6.67 Å². The Balaban J connectivity index is 1.27. The molecule has 0 aromatic heterocycles. The number of rotatable bonds is 5. The molecule has 0 bridgehead atoms. The number of hydrogen-bond acceptors (Lipinski definition) is 4. The molecule has 0 saturated heterocycles. The minimum absolute atomic E-state index is 0.251. The van der Waals surface area contributed by atoms with Crippen molar-refractivity contribution in [2.24, 2.45) is 0 Å². The van der Waals surface area contributed by atoms with Crippen molar-refractivity contribution in [1.29, 1.82) is 0 Å². The van der Waals surface area contributed by atoms with Crippen LogP contribution in [0.4, 0.5) is 44.2 Å². The number of nitrogens with zero attached hydrogens (tertiary/aromatic N) is 4. The molecule has 2 heterocycles. The Morgan fingerprint density at radius 2 is 0.909 bits per heavy atom. The van der Waals surface area contributed by atoms with Gasteiger partial charge in [0.1, 0.15) is 12.5 Å². The zero-order chi connectivity index (χ0) is 29.6. The van der Waals surface area contributed by atoms with Gasteiger partial charge in [0.05, 0.1) is 35.1 Å². The second-order valence-electron chi connectivity index (χ2n) is 11.3. The highest BCUT2D eigenvalue weighted by molar-refractivity contribution is 5.98. The average Bonchev–Trinajstić information content (AvgIpc) is 3.63. The molecule has 0 radical (unpaired) electrons. The fourth-order valence-electron chi connectivity index (χ4n) is 6.62. The molecular weight excluding hydrogens is 543 g/mol. The molecule has 0 unspecified atom stereocenters. The highest BCUT2D eigenvalue weighted by Crippen LogP contribution is 2.51. The van der Waals surface area contributed by atoms with Gasteiger partial charge in [0.25, 0.3) is 0 Å². The van der Waals surface area contributed by atoms with Gasteiger partial charge in [-0.3, -0.25) is 0 Å². The van der Waals surface area contributed by atoms with E-state index in [0.717, 1.165) is 57.4 Å². The Kier molecular flexibility index (Phi) is 6.30. The van der Waals surface area contributed by atoms with Crippen molar-refractivity contribution in [1.82, 2.24) is 0 Å². The van der Waals surface area contributed by atoms with E-state index in [-0.39, 0.29) is 5.82 Å². The van der Waals surface area contributed by atoms with Crippen LogP contribution in [0.2, 0.25) is 0 Å². The number of halogens is 1. The van der Waals surface area contributed by atoms with Gasteiger partial charge in [0, 0.05) is 29.5 Å². The third-order valence-corrected chi connectivity index (χ3v) is 8.65. The van der Waals surface area contributed by atoms with Crippen LogP contribution in [0, 0.1) is 5.82 Å². The quantitative estimate of drug-likeness (QED) is 0.203. The molecule has 0 amide bonds. The van der Waals surface area contributed by atoms with Crippen LogP contribution in [0.3, 0.4) is 0 Å². The molecule has 4 nitrogen and oxygen atoms in total. The SMILES string of the molecule is CN1CN(c2cccc(N3CN(c4c(-c5ccccc5)cc(F)cc4-c4ccccc4)c4ccccc43)c2)c2ccccc21. The van der Waals surface area contributed by atoms with Gasteiger partial charge in [-0.2, -0.15) is 0 Å². The van der Waals surface area contributed by atoms with Crippen molar-refractivity contribution < 1.29 is 4.39 Å². The van der Waals surface area contributed by atoms with E-state index in [4.69, 9.17) is 0 Å². The van der Waals surface area contributed by atoms with Crippen molar-refractivity contribution in [2.45, 2.75) is 0 Å². The summed E-state index contributed by atoms with van der Waals surface area (Å²) in [7, 11) is 2.13. The lowest BCUT2D eigenvalue weighted by molar-refractivity contribution is 0.629. The van der Waals surface area contributed by atoms with Gasteiger partial charge in [-0.15, -0.1) is 0 Å². The first-order chi connectivity index (χ1) is 21.7. The normalized spacial score (nSPS) is 13.8. The highest BCUT2D eigenvalue weighted by Gasteiger charge is 2.32. The summed E-state index contributed by atoms with van der Waals surface area (Å²) in [5, 5.41) is 0. The fourth-order valence-corrected chi connectivity index (χ4v) is 6.62. The van der Waals surface area contributed by atoms with Crippen LogP contribution in [-0.4, -0.2) is 20.4 Å². The Morgan fingerprint density at radius 3 is 1.48 bits per heavy atom. The van der Waals surface area contributed by atoms with Crippen molar-refractivity contribution in [2.75, 3.05) is 40.0 Å². The Labute approximate surface area is 257 Å². The van der Waals surface area contributed by atoms with Crippen molar-refractivity contribution in [3.05, 3.63) is 151 Å². The summed E-state index contributed by atoms with van der Waals surface area (Å²) in [6, 6.07) is 49.4. The van der Waals surface area contributed by atoms with Gasteiger partial charge in [-0.25, -0.2) is 4.39 Å². The van der Waals surface area contributed by atoms with E-state index >= 15 is 4.39 Å². The number of benzene rings is 6. The van der Waals surface area contributed by atoms with Gasteiger partial charge < -0.3 is 19.6 Å². The molecule has 44 heavy (non-hydrogen) atoms. The molecule has 0 atom stereocenters. The first kappa shape index (κ1) is 26.1. The summed E-state index contributed by atoms with van der Waals surface area (Å²) in [5.41, 5.74) is 11.6. The first-order valence-electron chi connectivity index (χ1n) is 14.9. The van der Waals surface area contributed by atoms with Crippen LogP contribution in [0.5, 0.6) is 0 Å². The monoisotopic (exact) mass is 574 g/mol. The van der Waals surface area contributed by atoms with E-state index in [9.17, 15) is 0 Å². The second kappa shape index (κ2) is 10.6. The Bertz CT molecular complexity index is 1910. The average molecular weight is 575 g/mol. The molecule has 2 aliphatic heterocycles. The molecule has 214 valence electrons. The minimum Gasteiger partial charge on any atom is -0.355 e. The van der Waals surface area contributed by atoms with Gasteiger partial charge in [0.15, 0.2) is 0 Å².